The molecule has 1 aromatic heterocycles. The monoisotopic (exact) mass is 515 g/mol. The maximum Gasteiger partial charge on any atom is 0.226 e. The highest BCUT2D eigenvalue weighted by molar-refractivity contribution is 6.29. The van der Waals surface area contributed by atoms with Crippen LogP contribution in [0.1, 0.15) is 0 Å². The third-order valence-corrected chi connectivity index (χ3v) is 8.32. The largest absolute Gasteiger partial charge is 0.226 e. The van der Waals surface area contributed by atoms with E-state index in [-0.39, 0.29) is 5.28 Å². The Bertz CT molecular complexity index is 2210. The van der Waals surface area contributed by atoms with E-state index in [1.54, 1.807) is 0 Å². The highest BCUT2D eigenvalue weighted by Gasteiger charge is 2.18. The number of aromatic nitrogens is 3. The second kappa shape index (κ2) is 7.59. The molecule has 0 spiro atoms. The molecule has 0 aliphatic rings. The molecule has 0 amide bonds. The molecular formula is C35H18ClN3. The van der Waals surface area contributed by atoms with Gasteiger partial charge in [-0.25, -0.2) is 4.98 Å². The van der Waals surface area contributed by atoms with Crippen LogP contribution >= 0.6 is 11.6 Å². The fraction of sp³-hybridized carbons (Fsp3) is 0. The molecule has 3 nitrogen and oxygen atoms in total. The van der Waals surface area contributed by atoms with Crippen LogP contribution in [0, 0.1) is 0 Å². The van der Waals surface area contributed by atoms with Crippen molar-refractivity contribution >= 4 is 76.2 Å². The van der Waals surface area contributed by atoms with Crippen molar-refractivity contribution in [1.82, 2.24) is 15.0 Å². The van der Waals surface area contributed by atoms with E-state index < -0.39 is 0 Å². The molecule has 0 saturated carbocycles. The predicted octanol–water partition coefficient (Wildman–Crippen LogP) is 9.65. The van der Waals surface area contributed by atoms with E-state index in [0.717, 1.165) is 21.9 Å². The Morgan fingerprint density at radius 3 is 1.15 bits per heavy atom. The molecule has 8 aromatic carbocycles. The minimum atomic E-state index is 0.186. The van der Waals surface area contributed by atoms with Crippen LogP contribution in [0.3, 0.4) is 0 Å². The summed E-state index contributed by atoms with van der Waals surface area (Å²) in [6.07, 6.45) is 0. The molecule has 39 heavy (non-hydrogen) atoms. The number of nitrogens with zero attached hydrogens (tertiary/aromatic N) is 3. The van der Waals surface area contributed by atoms with Crippen LogP contribution < -0.4 is 0 Å². The summed E-state index contributed by atoms with van der Waals surface area (Å²) in [5.74, 6) is 1.15. The van der Waals surface area contributed by atoms with Crippen molar-refractivity contribution in [3.63, 3.8) is 0 Å². The molecule has 0 N–H and O–H groups in total. The van der Waals surface area contributed by atoms with Crippen molar-refractivity contribution < 1.29 is 0 Å². The van der Waals surface area contributed by atoms with Gasteiger partial charge in [0.05, 0.1) is 0 Å². The smallest absolute Gasteiger partial charge is 0.208 e. The maximum absolute atomic E-state index is 6.59. The summed E-state index contributed by atoms with van der Waals surface area (Å²) in [7, 11) is 0. The topological polar surface area (TPSA) is 38.7 Å². The van der Waals surface area contributed by atoms with Crippen LogP contribution in [0.2, 0.25) is 5.28 Å². The third kappa shape index (κ3) is 2.91. The highest BCUT2D eigenvalue weighted by Crippen LogP contribution is 2.41. The number of benzene rings is 8. The quantitative estimate of drug-likeness (QED) is 0.215. The van der Waals surface area contributed by atoms with Gasteiger partial charge in [0.15, 0.2) is 11.6 Å². The summed E-state index contributed by atoms with van der Waals surface area (Å²) in [5.41, 5.74) is 1.90. The number of hydrogen-bond donors (Lipinski definition) is 0. The molecule has 0 radical (unpaired) electrons. The average Bonchev–Trinajstić information content (AvgIpc) is 2.98. The fourth-order valence-corrected chi connectivity index (χ4v) is 6.61. The summed E-state index contributed by atoms with van der Waals surface area (Å²) in [5, 5.41) is 14.7. The Morgan fingerprint density at radius 2 is 0.718 bits per heavy atom. The normalized spacial score (nSPS) is 12.2. The van der Waals surface area contributed by atoms with Gasteiger partial charge in [0.25, 0.3) is 0 Å². The van der Waals surface area contributed by atoms with Crippen LogP contribution in [0.15, 0.2) is 109 Å². The molecule has 0 fully saturated rings. The summed E-state index contributed by atoms with van der Waals surface area (Å²) < 4.78 is 0. The lowest BCUT2D eigenvalue weighted by Gasteiger charge is -2.15. The van der Waals surface area contributed by atoms with Gasteiger partial charge < -0.3 is 0 Å². The summed E-state index contributed by atoms with van der Waals surface area (Å²) in [6, 6.07) is 38.8. The van der Waals surface area contributed by atoms with Gasteiger partial charge >= 0.3 is 0 Å². The lowest BCUT2D eigenvalue weighted by Crippen LogP contribution is -1.99. The molecule has 0 aliphatic heterocycles. The van der Waals surface area contributed by atoms with Gasteiger partial charge in [0, 0.05) is 11.1 Å². The summed E-state index contributed by atoms with van der Waals surface area (Å²) in [6.45, 7) is 0. The maximum atomic E-state index is 6.59. The van der Waals surface area contributed by atoms with Crippen LogP contribution in [0.25, 0.3) is 87.4 Å². The van der Waals surface area contributed by atoms with Gasteiger partial charge in [0.2, 0.25) is 5.28 Å². The van der Waals surface area contributed by atoms with E-state index in [1.165, 1.54) is 53.9 Å². The second-order valence-electron chi connectivity index (χ2n) is 10.2. The van der Waals surface area contributed by atoms with E-state index >= 15 is 0 Å². The van der Waals surface area contributed by atoms with Gasteiger partial charge in [-0.3, -0.25) is 0 Å². The molecule has 0 aliphatic carbocycles. The third-order valence-electron chi connectivity index (χ3n) is 8.15. The first-order valence-corrected chi connectivity index (χ1v) is 13.4. The first-order valence-electron chi connectivity index (χ1n) is 13.0. The SMILES string of the molecule is Clc1nc(-c2ccc3ccc4cccc5ccc2c3c45)nc(-c2ccc3ccc4cccc5ccc2c3c45)n1. The van der Waals surface area contributed by atoms with Crippen molar-refractivity contribution in [3.8, 4) is 22.8 Å². The van der Waals surface area contributed by atoms with Crippen LogP contribution in [0.4, 0.5) is 0 Å². The van der Waals surface area contributed by atoms with Crippen molar-refractivity contribution in [1.29, 1.82) is 0 Å². The lowest BCUT2D eigenvalue weighted by molar-refractivity contribution is 1.07. The Kier molecular flexibility index (Phi) is 4.11. The fourth-order valence-electron chi connectivity index (χ4n) is 6.45. The van der Waals surface area contributed by atoms with Crippen molar-refractivity contribution in [2.45, 2.75) is 0 Å². The Hall–Kier alpha value is -4.86. The van der Waals surface area contributed by atoms with E-state index in [1.807, 2.05) is 0 Å². The van der Waals surface area contributed by atoms with E-state index in [0.29, 0.717) is 11.6 Å². The second-order valence-corrected chi connectivity index (χ2v) is 10.5. The Labute approximate surface area is 228 Å². The molecule has 1 heterocycles. The average molecular weight is 516 g/mol. The van der Waals surface area contributed by atoms with Gasteiger partial charge in [-0.2, -0.15) is 9.97 Å². The molecule has 0 atom stereocenters. The Balaban J connectivity index is 1.32. The zero-order valence-corrected chi connectivity index (χ0v) is 21.4. The standard InChI is InChI=1S/C35H18ClN3/c36-35-38-33(27-17-13-23-9-7-19-3-1-5-21-11-15-25(27)31(23)29(19)21)37-34(39-35)28-18-14-24-10-8-20-4-2-6-22-12-16-26(28)32(24)30(20)22/h1-18H. The van der Waals surface area contributed by atoms with Crippen LogP contribution in [-0.4, -0.2) is 15.0 Å². The van der Waals surface area contributed by atoms with Gasteiger partial charge in [-0.05, 0) is 88.4 Å². The number of rotatable bonds is 2. The van der Waals surface area contributed by atoms with Crippen LogP contribution in [0.5, 0.6) is 0 Å². The lowest BCUT2D eigenvalue weighted by atomic mass is 9.91. The molecule has 0 bridgehead atoms. The minimum Gasteiger partial charge on any atom is -0.208 e. The summed E-state index contributed by atoms with van der Waals surface area (Å²) in [4.78, 5) is 14.3. The van der Waals surface area contributed by atoms with E-state index in [2.05, 4.69) is 119 Å². The van der Waals surface area contributed by atoms with Gasteiger partial charge in [-0.1, -0.05) is 97.1 Å². The first kappa shape index (κ1) is 21.1. The number of halogens is 1. The molecule has 9 rings (SSSR count). The van der Waals surface area contributed by atoms with Crippen molar-refractivity contribution in [2.24, 2.45) is 0 Å². The van der Waals surface area contributed by atoms with Crippen molar-refractivity contribution in [3.05, 3.63) is 114 Å². The van der Waals surface area contributed by atoms with E-state index in [9.17, 15) is 0 Å². The molecule has 9 aromatic rings. The van der Waals surface area contributed by atoms with Gasteiger partial charge in [0.1, 0.15) is 0 Å². The molecule has 180 valence electrons. The zero-order chi connectivity index (χ0) is 25.7. The van der Waals surface area contributed by atoms with Crippen molar-refractivity contribution in [2.75, 3.05) is 0 Å². The highest BCUT2D eigenvalue weighted by atomic mass is 35.5. The van der Waals surface area contributed by atoms with Crippen LogP contribution in [-0.2, 0) is 0 Å². The molecule has 0 saturated heterocycles. The van der Waals surface area contributed by atoms with E-state index in [4.69, 9.17) is 16.6 Å². The first-order chi connectivity index (χ1) is 19.2. The summed E-state index contributed by atoms with van der Waals surface area (Å²) >= 11 is 6.59. The molecule has 0 unspecified atom stereocenters. The predicted molar refractivity (Wildman–Crippen MR) is 163 cm³/mol. The van der Waals surface area contributed by atoms with Gasteiger partial charge in [-0.15, -0.1) is 0 Å². The number of hydrogen-bond acceptors (Lipinski definition) is 3. The molecule has 4 heteroatoms. The Morgan fingerprint density at radius 1 is 0.359 bits per heavy atom. The molecular weight excluding hydrogens is 498 g/mol. The zero-order valence-electron chi connectivity index (χ0n) is 20.6. The minimum absolute atomic E-state index is 0.186.